The van der Waals surface area contributed by atoms with Crippen molar-refractivity contribution in [2.24, 2.45) is 0 Å². The summed E-state index contributed by atoms with van der Waals surface area (Å²) in [4.78, 5) is 24.8. The number of nitrogens with zero attached hydrogens (tertiary/aromatic N) is 1. The zero-order valence-corrected chi connectivity index (χ0v) is 13.7. The normalized spacial score (nSPS) is 17.9. The molecule has 0 aromatic heterocycles. The lowest BCUT2D eigenvalue weighted by molar-refractivity contribution is 0.0187. The third-order valence-corrected chi connectivity index (χ3v) is 3.53. The quantitative estimate of drug-likeness (QED) is 0.922. The number of likely N-dealkylation sites (tertiary alicyclic amines) is 1. The van der Waals surface area contributed by atoms with Crippen molar-refractivity contribution >= 4 is 12.1 Å². The summed E-state index contributed by atoms with van der Waals surface area (Å²) in [6.45, 7) is 6.48. The van der Waals surface area contributed by atoms with Gasteiger partial charge >= 0.3 is 12.1 Å². The van der Waals surface area contributed by atoms with Gasteiger partial charge in [-0.3, -0.25) is 0 Å². The van der Waals surface area contributed by atoms with Crippen molar-refractivity contribution in [3.8, 4) is 5.75 Å². The molecule has 1 aliphatic heterocycles. The number of benzene rings is 1. The van der Waals surface area contributed by atoms with Crippen LogP contribution in [-0.4, -0.2) is 46.9 Å². The minimum absolute atomic E-state index is 0.0571. The van der Waals surface area contributed by atoms with E-state index in [4.69, 9.17) is 14.6 Å². The van der Waals surface area contributed by atoms with Gasteiger partial charge in [-0.2, -0.15) is 0 Å². The number of aromatic carboxylic acids is 1. The topological polar surface area (TPSA) is 76.1 Å². The summed E-state index contributed by atoms with van der Waals surface area (Å²) in [5, 5.41) is 8.99. The van der Waals surface area contributed by atoms with Gasteiger partial charge in [0.25, 0.3) is 0 Å². The van der Waals surface area contributed by atoms with Crippen molar-refractivity contribution in [3.05, 3.63) is 29.8 Å². The van der Waals surface area contributed by atoms with Gasteiger partial charge < -0.3 is 19.5 Å². The smallest absolute Gasteiger partial charge is 0.410 e. The Hall–Kier alpha value is -2.24. The molecule has 0 spiro atoms. The molecule has 2 rings (SSSR count). The third kappa shape index (κ3) is 4.87. The molecule has 0 aliphatic carbocycles. The maximum atomic E-state index is 12.2. The average molecular weight is 321 g/mol. The van der Waals surface area contributed by atoms with Crippen LogP contribution in [0.1, 0.15) is 44.0 Å². The largest absolute Gasteiger partial charge is 0.491 e. The van der Waals surface area contributed by atoms with Crippen LogP contribution in [0.4, 0.5) is 4.79 Å². The number of hydrogen-bond donors (Lipinski definition) is 1. The monoisotopic (exact) mass is 321 g/mol. The summed E-state index contributed by atoms with van der Waals surface area (Å²) in [6, 6.07) is 6.28. The van der Waals surface area contributed by atoms with E-state index in [0.717, 1.165) is 12.8 Å². The highest BCUT2D eigenvalue weighted by molar-refractivity contribution is 5.88. The molecule has 1 fully saturated rings. The Balaban J connectivity index is 1.95. The van der Waals surface area contributed by atoms with Crippen molar-refractivity contribution in [2.45, 2.75) is 45.3 Å². The highest BCUT2D eigenvalue weighted by atomic mass is 16.6. The van der Waals surface area contributed by atoms with E-state index in [2.05, 4.69) is 0 Å². The predicted octanol–water partition coefficient (Wildman–Crippen LogP) is 3.16. The Labute approximate surface area is 136 Å². The van der Waals surface area contributed by atoms with Gasteiger partial charge in [-0.15, -0.1) is 0 Å². The number of amides is 1. The minimum Gasteiger partial charge on any atom is -0.491 e. The molecule has 6 heteroatoms. The highest BCUT2D eigenvalue weighted by Crippen LogP contribution is 2.22. The molecule has 6 nitrogen and oxygen atoms in total. The Morgan fingerprint density at radius 1 is 1.35 bits per heavy atom. The molecule has 0 bridgehead atoms. The lowest BCUT2D eigenvalue weighted by atomic mass is 10.2. The molecule has 1 aliphatic rings. The zero-order valence-electron chi connectivity index (χ0n) is 13.7. The van der Waals surface area contributed by atoms with Gasteiger partial charge in [0.15, 0.2) is 0 Å². The Morgan fingerprint density at radius 2 is 2.09 bits per heavy atom. The van der Waals surface area contributed by atoms with Gasteiger partial charge in [0, 0.05) is 6.54 Å². The van der Waals surface area contributed by atoms with E-state index in [0.29, 0.717) is 18.9 Å². The van der Waals surface area contributed by atoms with Crippen molar-refractivity contribution in [1.29, 1.82) is 0 Å². The molecule has 0 radical (unpaired) electrons. The first kappa shape index (κ1) is 17.1. The summed E-state index contributed by atoms with van der Waals surface area (Å²) < 4.78 is 11.1. The standard InChI is InChI=1S/C17H23NO5/c1-17(2,3)23-16(21)18-9-5-7-13(18)11-22-14-8-4-6-12(10-14)15(19)20/h4,6,8,10,13H,5,7,9,11H2,1-3H3,(H,19,20). The van der Waals surface area contributed by atoms with Crippen molar-refractivity contribution in [1.82, 2.24) is 4.90 Å². The molecule has 1 heterocycles. The SMILES string of the molecule is CC(C)(C)OC(=O)N1CCCC1COc1cccc(C(=O)O)c1. The number of ether oxygens (including phenoxy) is 2. The second-order valence-corrected chi connectivity index (χ2v) is 6.61. The molecule has 1 amide bonds. The predicted molar refractivity (Wildman–Crippen MR) is 84.9 cm³/mol. The Kier molecular flexibility index (Phi) is 5.13. The van der Waals surface area contributed by atoms with Crippen molar-refractivity contribution in [2.75, 3.05) is 13.2 Å². The van der Waals surface area contributed by atoms with Crippen LogP contribution < -0.4 is 4.74 Å². The fourth-order valence-electron chi connectivity index (χ4n) is 2.48. The zero-order chi connectivity index (χ0) is 17.0. The molecule has 126 valence electrons. The summed E-state index contributed by atoms with van der Waals surface area (Å²) in [5.74, 6) is -0.507. The number of carbonyl (C=O) groups excluding carboxylic acids is 1. The van der Waals surface area contributed by atoms with E-state index in [1.807, 2.05) is 20.8 Å². The van der Waals surface area contributed by atoms with Gasteiger partial charge in [0.2, 0.25) is 0 Å². The number of hydrogen-bond acceptors (Lipinski definition) is 4. The Bertz CT molecular complexity index is 579. The summed E-state index contributed by atoms with van der Waals surface area (Å²) in [5.41, 5.74) is -0.348. The average Bonchev–Trinajstić information content (AvgIpc) is 2.92. The molecule has 1 atom stereocenters. The summed E-state index contributed by atoms with van der Waals surface area (Å²) >= 11 is 0. The molecule has 1 aromatic carbocycles. The maximum Gasteiger partial charge on any atom is 0.410 e. The van der Waals surface area contributed by atoms with Crippen LogP contribution >= 0.6 is 0 Å². The van der Waals surface area contributed by atoms with Gasteiger partial charge in [0.05, 0.1) is 11.6 Å². The van der Waals surface area contributed by atoms with E-state index in [9.17, 15) is 9.59 Å². The first-order chi connectivity index (χ1) is 10.8. The van der Waals surface area contributed by atoms with Gasteiger partial charge in [-0.05, 0) is 51.8 Å². The fraction of sp³-hybridized carbons (Fsp3) is 0.529. The van der Waals surface area contributed by atoms with Crippen LogP contribution in [0.3, 0.4) is 0 Å². The van der Waals surface area contributed by atoms with Crippen molar-refractivity contribution in [3.63, 3.8) is 0 Å². The van der Waals surface area contributed by atoms with E-state index in [1.54, 1.807) is 17.0 Å². The Morgan fingerprint density at radius 3 is 2.74 bits per heavy atom. The lowest BCUT2D eigenvalue weighted by Crippen LogP contribution is -2.42. The first-order valence-electron chi connectivity index (χ1n) is 7.72. The summed E-state index contributed by atoms with van der Waals surface area (Å²) in [7, 11) is 0. The van der Waals surface area contributed by atoms with Crippen LogP contribution in [0.15, 0.2) is 24.3 Å². The molecular formula is C17H23NO5. The molecule has 1 aromatic rings. The number of rotatable bonds is 4. The fourth-order valence-corrected chi connectivity index (χ4v) is 2.48. The first-order valence-corrected chi connectivity index (χ1v) is 7.72. The van der Waals surface area contributed by atoms with Crippen molar-refractivity contribution < 1.29 is 24.2 Å². The molecule has 23 heavy (non-hydrogen) atoms. The lowest BCUT2D eigenvalue weighted by Gasteiger charge is -2.28. The van der Waals surface area contributed by atoms with E-state index >= 15 is 0 Å². The van der Waals surface area contributed by atoms with Crippen LogP contribution in [0.25, 0.3) is 0 Å². The van der Waals surface area contributed by atoms with E-state index < -0.39 is 11.6 Å². The molecule has 1 saturated heterocycles. The number of carboxylic acid groups (broad SMARTS) is 1. The molecule has 1 N–H and O–H groups in total. The van der Waals surface area contributed by atoms with Gasteiger partial charge in [0.1, 0.15) is 18.0 Å². The van der Waals surface area contributed by atoms with Gasteiger partial charge in [-0.1, -0.05) is 6.07 Å². The second kappa shape index (κ2) is 6.89. The number of carbonyl (C=O) groups is 2. The maximum absolute atomic E-state index is 12.2. The molecular weight excluding hydrogens is 298 g/mol. The van der Waals surface area contributed by atoms with Crippen LogP contribution in [0.5, 0.6) is 5.75 Å². The number of carboxylic acids is 1. The third-order valence-electron chi connectivity index (χ3n) is 3.53. The van der Waals surface area contributed by atoms with Gasteiger partial charge in [-0.25, -0.2) is 9.59 Å². The molecule has 1 unspecified atom stereocenters. The van der Waals surface area contributed by atoms with E-state index in [1.165, 1.54) is 12.1 Å². The summed E-state index contributed by atoms with van der Waals surface area (Å²) in [6.07, 6.45) is 1.42. The van der Waals surface area contributed by atoms with E-state index in [-0.39, 0.29) is 17.7 Å². The molecule has 0 saturated carbocycles. The van der Waals surface area contributed by atoms with Crippen LogP contribution in [0.2, 0.25) is 0 Å². The van der Waals surface area contributed by atoms with Crippen LogP contribution in [0, 0.1) is 0 Å². The highest BCUT2D eigenvalue weighted by Gasteiger charge is 2.32. The van der Waals surface area contributed by atoms with Crippen LogP contribution in [-0.2, 0) is 4.74 Å². The minimum atomic E-state index is -0.994. The second-order valence-electron chi connectivity index (χ2n) is 6.61.